The lowest BCUT2D eigenvalue weighted by atomic mass is 10.1. The Bertz CT molecular complexity index is 221. The molecule has 82 valence electrons. The second kappa shape index (κ2) is 4.95. The number of amidine groups is 1. The molecular weight excluding hydrogens is 182 g/mol. The average molecular weight is 201 g/mol. The van der Waals surface area contributed by atoms with Gasteiger partial charge in [0.05, 0.1) is 6.04 Å². The highest BCUT2D eigenvalue weighted by molar-refractivity contribution is 5.83. The minimum absolute atomic E-state index is 0.103. The first kappa shape index (κ1) is 12.9. The van der Waals surface area contributed by atoms with E-state index in [9.17, 15) is 4.79 Å². The number of hydrogen-bond acceptors (Lipinski definition) is 4. The van der Waals surface area contributed by atoms with Gasteiger partial charge in [-0.25, -0.2) is 0 Å². The van der Waals surface area contributed by atoms with Crippen LogP contribution in [0.3, 0.4) is 0 Å². The first-order chi connectivity index (χ1) is 6.22. The number of carbonyl (C=O) groups is 1. The van der Waals surface area contributed by atoms with Crippen molar-refractivity contribution in [2.24, 2.45) is 11.5 Å². The minimum atomic E-state index is -0.553. The lowest BCUT2D eigenvalue weighted by Crippen LogP contribution is -2.36. The largest absolute Gasteiger partial charge is 0.460 e. The number of hydrogen-bond donors (Lipinski definition) is 3. The lowest BCUT2D eigenvalue weighted by Gasteiger charge is -2.19. The van der Waals surface area contributed by atoms with Crippen LogP contribution in [0.15, 0.2) is 0 Å². The summed E-state index contributed by atoms with van der Waals surface area (Å²) < 4.78 is 5.06. The highest BCUT2D eigenvalue weighted by Crippen LogP contribution is 2.09. The summed E-state index contributed by atoms with van der Waals surface area (Å²) in [5, 5.41) is 7.03. The van der Waals surface area contributed by atoms with Gasteiger partial charge in [0.25, 0.3) is 0 Å². The maximum Gasteiger partial charge on any atom is 0.306 e. The van der Waals surface area contributed by atoms with Crippen LogP contribution >= 0.6 is 0 Å². The summed E-state index contributed by atoms with van der Waals surface area (Å²) in [7, 11) is 0. The molecule has 5 N–H and O–H groups in total. The maximum absolute atomic E-state index is 11.2. The van der Waals surface area contributed by atoms with Gasteiger partial charge in [-0.2, -0.15) is 0 Å². The molecule has 0 aromatic carbocycles. The molecule has 0 heterocycles. The van der Waals surface area contributed by atoms with Gasteiger partial charge >= 0.3 is 5.97 Å². The van der Waals surface area contributed by atoms with Gasteiger partial charge in [-0.1, -0.05) is 0 Å². The van der Waals surface area contributed by atoms with Crippen LogP contribution < -0.4 is 11.5 Å². The summed E-state index contributed by atoms with van der Waals surface area (Å²) in [6, 6.07) is -0.553. The molecule has 0 aromatic heterocycles. The fraction of sp³-hybridized carbons (Fsp3) is 0.778. The number of ether oxygens (including phenoxy) is 1. The van der Waals surface area contributed by atoms with Gasteiger partial charge in [-0.3, -0.25) is 10.2 Å². The van der Waals surface area contributed by atoms with E-state index in [0.717, 1.165) is 0 Å². The Kier molecular flexibility index (Phi) is 4.56. The van der Waals surface area contributed by atoms with E-state index in [-0.39, 0.29) is 18.2 Å². The van der Waals surface area contributed by atoms with Gasteiger partial charge in [-0.15, -0.1) is 0 Å². The molecule has 0 fully saturated rings. The van der Waals surface area contributed by atoms with Crippen molar-refractivity contribution in [2.45, 2.75) is 45.3 Å². The van der Waals surface area contributed by atoms with Crippen LogP contribution in [0, 0.1) is 5.41 Å². The zero-order valence-corrected chi connectivity index (χ0v) is 8.96. The van der Waals surface area contributed by atoms with Crippen molar-refractivity contribution < 1.29 is 9.53 Å². The fourth-order valence-corrected chi connectivity index (χ4v) is 0.821. The minimum Gasteiger partial charge on any atom is -0.460 e. The van der Waals surface area contributed by atoms with Crippen LogP contribution in [-0.4, -0.2) is 23.4 Å². The number of esters is 1. The predicted octanol–water partition coefficient (Wildman–Crippen LogP) is 0.372. The highest BCUT2D eigenvalue weighted by atomic mass is 16.6. The second-order valence-corrected chi connectivity index (χ2v) is 4.19. The topological polar surface area (TPSA) is 102 Å². The normalized spacial score (nSPS) is 13.4. The average Bonchev–Trinajstić information content (AvgIpc) is 1.96. The zero-order chi connectivity index (χ0) is 11.4. The van der Waals surface area contributed by atoms with Crippen molar-refractivity contribution in [3.8, 4) is 0 Å². The monoisotopic (exact) mass is 201 g/mol. The van der Waals surface area contributed by atoms with Crippen LogP contribution in [0.1, 0.15) is 33.6 Å². The third-order valence-electron chi connectivity index (χ3n) is 1.48. The van der Waals surface area contributed by atoms with E-state index in [1.54, 1.807) is 20.8 Å². The molecular formula is C9H19N3O2. The molecule has 0 spiro atoms. The van der Waals surface area contributed by atoms with Crippen molar-refractivity contribution in [3.05, 3.63) is 0 Å². The molecule has 0 saturated heterocycles. The summed E-state index contributed by atoms with van der Waals surface area (Å²) in [5.74, 6) is -0.414. The second-order valence-electron chi connectivity index (χ2n) is 4.19. The molecule has 0 rings (SSSR count). The quantitative estimate of drug-likeness (QED) is 0.347. The predicted molar refractivity (Wildman–Crippen MR) is 55.0 cm³/mol. The van der Waals surface area contributed by atoms with Gasteiger partial charge in [0.2, 0.25) is 0 Å². The number of carbonyl (C=O) groups excluding carboxylic acids is 1. The first-order valence-corrected chi connectivity index (χ1v) is 4.53. The van der Waals surface area contributed by atoms with E-state index in [1.165, 1.54) is 0 Å². The Morgan fingerprint density at radius 1 is 1.50 bits per heavy atom. The lowest BCUT2D eigenvalue weighted by molar-refractivity contribution is -0.154. The summed E-state index contributed by atoms with van der Waals surface area (Å²) in [6.45, 7) is 5.40. The summed E-state index contributed by atoms with van der Waals surface area (Å²) >= 11 is 0. The van der Waals surface area contributed by atoms with E-state index >= 15 is 0 Å². The molecule has 5 nitrogen and oxygen atoms in total. The van der Waals surface area contributed by atoms with Crippen molar-refractivity contribution in [2.75, 3.05) is 0 Å². The Morgan fingerprint density at radius 3 is 2.36 bits per heavy atom. The first-order valence-electron chi connectivity index (χ1n) is 4.53. The van der Waals surface area contributed by atoms with E-state index in [0.29, 0.717) is 6.42 Å². The van der Waals surface area contributed by atoms with E-state index in [4.69, 9.17) is 21.6 Å². The van der Waals surface area contributed by atoms with Crippen LogP contribution in [0.2, 0.25) is 0 Å². The maximum atomic E-state index is 11.2. The smallest absolute Gasteiger partial charge is 0.306 e. The standard InChI is InChI=1S/C9H19N3O2/c1-9(2,3)14-7(13)5-4-6(10)8(11)12/h6H,4-5,10H2,1-3H3,(H3,11,12)/t6-/m0/s1. The Morgan fingerprint density at radius 2 is 2.00 bits per heavy atom. The summed E-state index contributed by atoms with van der Waals surface area (Å²) in [4.78, 5) is 11.2. The highest BCUT2D eigenvalue weighted by Gasteiger charge is 2.17. The van der Waals surface area contributed by atoms with Crippen molar-refractivity contribution in [3.63, 3.8) is 0 Å². The van der Waals surface area contributed by atoms with Crippen molar-refractivity contribution in [1.29, 1.82) is 5.41 Å². The zero-order valence-electron chi connectivity index (χ0n) is 8.96. The molecule has 0 saturated carbocycles. The molecule has 0 aromatic rings. The number of nitrogens with one attached hydrogen (secondary N) is 1. The molecule has 0 aliphatic heterocycles. The van der Waals surface area contributed by atoms with Crippen LogP contribution in [0.5, 0.6) is 0 Å². The molecule has 0 bridgehead atoms. The fourth-order valence-electron chi connectivity index (χ4n) is 0.821. The summed E-state index contributed by atoms with van der Waals surface area (Å²) in [6.07, 6.45) is 0.544. The molecule has 0 unspecified atom stereocenters. The van der Waals surface area contributed by atoms with Crippen molar-refractivity contribution >= 4 is 11.8 Å². The van der Waals surface area contributed by atoms with Gasteiger partial charge in [0.1, 0.15) is 11.4 Å². The SMILES string of the molecule is CC(C)(C)OC(=O)CC[C@H](N)C(=N)N. The molecule has 0 aliphatic carbocycles. The molecule has 0 amide bonds. The van der Waals surface area contributed by atoms with Crippen LogP contribution in [0.4, 0.5) is 0 Å². The van der Waals surface area contributed by atoms with Crippen molar-refractivity contribution in [1.82, 2.24) is 0 Å². The van der Waals surface area contributed by atoms with Gasteiger partial charge in [0, 0.05) is 6.42 Å². The van der Waals surface area contributed by atoms with Gasteiger partial charge in [-0.05, 0) is 27.2 Å². The van der Waals surface area contributed by atoms with Crippen LogP contribution in [-0.2, 0) is 9.53 Å². The van der Waals surface area contributed by atoms with E-state index < -0.39 is 11.6 Å². The van der Waals surface area contributed by atoms with Gasteiger partial charge in [0.15, 0.2) is 0 Å². The molecule has 0 aliphatic rings. The summed E-state index contributed by atoms with van der Waals surface area (Å²) in [5.41, 5.74) is 10.2. The number of nitrogens with two attached hydrogens (primary N) is 2. The third-order valence-corrected chi connectivity index (χ3v) is 1.48. The molecule has 14 heavy (non-hydrogen) atoms. The number of rotatable bonds is 4. The molecule has 0 radical (unpaired) electrons. The Labute approximate surface area is 84.3 Å². The van der Waals surface area contributed by atoms with E-state index in [1.807, 2.05) is 0 Å². The third kappa shape index (κ3) is 6.42. The molecule has 5 heteroatoms. The molecule has 1 atom stereocenters. The Balaban J connectivity index is 3.81. The van der Waals surface area contributed by atoms with Crippen LogP contribution in [0.25, 0.3) is 0 Å². The van der Waals surface area contributed by atoms with E-state index in [2.05, 4.69) is 0 Å². The Hall–Kier alpha value is -1.10. The van der Waals surface area contributed by atoms with Gasteiger partial charge < -0.3 is 16.2 Å².